The molecule has 18 heavy (non-hydrogen) atoms. The second-order valence-electron chi connectivity index (χ2n) is 4.38. The van der Waals surface area contributed by atoms with E-state index in [2.05, 4.69) is 41.2 Å². The number of nitrogens with zero attached hydrogens (tertiary/aromatic N) is 3. The number of hydrogen-bond donors (Lipinski definition) is 1. The first kappa shape index (κ1) is 12.5. The van der Waals surface area contributed by atoms with Gasteiger partial charge in [-0.05, 0) is 26.0 Å². The summed E-state index contributed by atoms with van der Waals surface area (Å²) in [5, 5.41) is 0. The molecule has 1 aromatic heterocycles. The topological polar surface area (TPSA) is 55.0 Å². The second kappa shape index (κ2) is 5.14. The molecule has 2 N–H and O–H groups in total. The lowest BCUT2D eigenvalue weighted by Gasteiger charge is -2.18. The zero-order valence-electron chi connectivity index (χ0n) is 11.0. The Morgan fingerprint density at radius 1 is 1.17 bits per heavy atom. The summed E-state index contributed by atoms with van der Waals surface area (Å²) in [5.74, 6) is 0.688. The Balaban J connectivity index is 2.31. The van der Waals surface area contributed by atoms with Crippen LogP contribution in [0.1, 0.15) is 16.8 Å². The van der Waals surface area contributed by atoms with Gasteiger partial charge in [0, 0.05) is 36.7 Å². The molecule has 0 aliphatic rings. The summed E-state index contributed by atoms with van der Waals surface area (Å²) in [6.07, 6.45) is 1.79. The summed E-state index contributed by atoms with van der Waals surface area (Å²) >= 11 is 0. The molecule has 0 bridgehead atoms. The van der Waals surface area contributed by atoms with Crippen LogP contribution in [-0.4, -0.2) is 17.0 Å². The van der Waals surface area contributed by atoms with Gasteiger partial charge in [0.15, 0.2) is 0 Å². The molecule has 1 aromatic carbocycles. The molecule has 0 atom stereocenters. The van der Waals surface area contributed by atoms with E-state index in [0.717, 1.165) is 16.9 Å². The molecule has 0 aliphatic heterocycles. The monoisotopic (exact) mass is 242 g/mol. The smallest absolute Gasteiger partial charge is 0.229 e. The molecule has 0 spiro atoms. The fourth-order valence-electron chi connectivity index (χ4n) is 1.73. The minimum absolute atomic E-state index is 0.473. The number of aromatic nitrogens is 2. The standard InChI is InChI=1S/C14H18N4/c1-10-4-6-13(7-5-10)18(3)14-16-9-12(8-15)11(2)17-14/h4-7,9H,8,15H2,1-3H3. The molecule has 4 nitrogen and oxygen atoms in total. The van der Waals surface area contributed by atoms with Crippen LogP contribution >= 0.6 is 0 Å². The van der Waals surface area contributed by atoms with E-state index in [-0.39, 0.29) is 0 Å². The first-order valence-electron chi connectivity index (χ1n) is 5.95. The molecule has 0 fully saturated rings. The van der Waals surface area contributed by atoms with E-state index in [0.29, 0.717) is 12.5 Å². The zero-order chi connectivity index (χ0) is 13.1. The quantitative estimate of drug-likeness (QED) is 0.897. The van der Waals surface area contributed by atoms with Crippen molar-refractivity contribution >= 4 is 11.6 Å². The summed E-state index contributed by atoms with van der Waals surface area (Å²) in [6.45, 7) is 4.50. The fourth-order valence-corrected chi connectivity index (χ4v) is 1.73. The van der Waals surface area contributed by atoms with Gasteiger partial charge in [-0.25, -0.2) is 9.97 Å². The Bertz CT molecular complexity index is 534. The van der Waals surface area contributed by atoms with Crippen LogP contribution in [0.2, 0.25) is 0 Å². The largest absolute Gasteiger partial charge is 0.326 e. The highest BCUT2D eigenvalue weighted by Gasteiger charge is 2.08. The van der Waals surface area contributed by atoms with E-state index in [4.69, 9.17) is 5.73 Å². The predicted molar refractivity (Wildman–Crippen MR) is 73.9 cm³/mol. The number of anilines is 2. The van der Waals surface area contributed by atoms with Gasteiger partial charge in [0.05, 0.1) is 0 Å². The third kappa shape index (κ3) is 2.49. The predicted octanol–water partition coefficient (Wildman–Crippen LogP) is 2.32. The number of hydrogen-bond acceptors (Lipinski definition) is 4. The van der Waals surface area contributed by atoms with Gasteiger partial charge in [0.25, 0.3) is 0 Å². The van der Waals surface area contributed by atoms with Crippen LogP contribution in [0.3, 0.4) is 0 Å². The highest BCUT2D eigenvalue weighted by atomic mass is 15.2. The van der Waals surface area contributed by atoms with Gasteiger partial charge < -0.3 is 10.6 Å². The SMILES string of the molecule is Cc1ccc(N(C)c2ncc(CN)c(C)n2)cc1. The third-order valence-corrected chi connectivity index (χ3v) is 3.01. The molecule has 0 aliphatic carbocycles. The van der Waals surface area contributed by atoms with Crippen LogP contribution in [0.4, 0.5) is 11.6 Å². The van der Waals surface area contributed by atoms with Crippen LogP contribution in [0.25, 0.3) is 0 Å². The van der Waals surface area contributed by atoms with Crippen molar-refractivity contribution < 1.29 is 0 Å². The number of benzene rings is 1. The molecule has 4 heteroatoms. The van der Waals surface area contributed by atoms with E-state index < -0.39 is 0 Å². The van der Waals surface area contributed by atoms with Crippen molar-refractivity contribution in [2.75, 3.05) is 11.9 Å². The number of rotatable bonds is 3. The highest BCUT2D eigenvalue weighted by Crippen LogP contribution is 2.20. The first-order chi connectivity index (χ1) is 8.61. The van der Waals surface area contributed by atoms with Crippen LogP contribution in [-0.2, 0) is 6.54 Å². The zero-order valence-corrected chi connectivity index (χ0v) is 11.0. The van der Waals surface area contributed by atoms with Gasteiger partial charge in [0.1, 0.15) is 0 Å². The van der Waals surface area contributed by atoms with E-state index in [9.17, 15) is 0 Å². The number of nitrogens with two attached hydrogens (primary N) is 1. The van der Waals surface area contributed by atoms with Gasteiger partial charge >= 0.3 is 0 Å². The maximum Gasteiger partial charge on any atom is 0.229 e. The Morgan fingerprint density at radius 3 is 2.39 bits per heavy atom. The molecule has 0 unspecified atom stereocenters. The maximum atomic E-state index is 5.61. The molecular weight excluding hydrogens is 224 g/mol. The van der Waals surface area contributed by atoms with E-state index in [1.165, 1.54) is 5.56 Å². The van der Waals surface area contributed by atoms with E-state index in [1.807, 2.05) is 18.9 Å². The van der Waals surface area contributed by atoms with Crippen LogP contribution in [0, 0.1) is 13.8 Å². The van der Waals surface area contributed by atoms with Crippen molar-refractivity contribution in [2.45, 2.75) is 20.4 Å². The second-order valence-corrected chi connectivity index (χ2v) is 4.38. The summed E-state index contributed by atoms with van der Waals surface area (Å²) < 4.78 is 0. The van der Waals surface area contributed by atoms with Gasteiger partial charge in [-0.15, -0.1) is 0 Å². The molecule has 1 heterocycles. The molecule has 2 aromatic rings. The molecule has 0 amide bonds. The van der Waals surface area contributed by atoms with E-state index >= 15 is 0 Å². The van der Waals surface area contributed by atoms with Crippen LogP contribution < -0.4 is 10.6 Å². The lowest BCUT2D eigenvalue weighted by molar-refractivity contribution is 0.942. The van der Waals surface area contributed by atoms with E-state index in [1.54, 1.807) is 6.20 Å². The summed E-state index contributed by atoms with van der Waals surface area (Å²) in [7, 11) is 1.96. The van der Waals surface area contributed by atoms with Gasteiger partial charge in [-0.3, -0.25) is 0 Å². The minimum Gasteiger partial charge on any atom is -0.326 e. The van der Waals surface area contributed by atoms with Crippen molar-refractivity contribution in [1.29, 1.82) is 0 Å². The Morgan fingerprint density at radius 2 is 1.83 bits per heavy atom. The van der Waals surface area contributed by atoms with Crippen molar-refractivity contribution in [1.82, 2.24) is 9.97 Å². The van der Waals surface area contributed by atoms with Crippen LogP contribution in [0.15, 0.2) is 30.5 Å². The third-order valence-electron chi connectivity index (χ3n) is 3.01. The van der Waals surface area contributed by atoms with Crippen molar-refractivity contribution in [3.8, 4) is 0 Å². The lowest BCUT2D eigenvalue weighted by Crippen LogP contribution is -2.14. The average molecular weight is 242 g/mol. The number of aryl methyl sites for hydroxylation is 2. The van der Waals surface area contributed by atoms with Gasteiger partial charge in [-0.2, -0.15) is 0 Å². The van der Waals surface area contributed by atoms with Crippen molar-refractivity contribution in [3.05, 3.63) is 47.3 Å². The molecular formula is C14H18N4. The van der Waals surface area contributed by atoms with Crippen molar-refractivity contribution in [3.63, 3.8) is 0 Å². The van der Waals surface area contributed by atoms with Crippen LogP contribution in [0.5, 0.6) is 0 Å². The van der Waals surface area contributed by atoms with Crippen molar-refractivity contribution in [2.24, 2.45) is 5.73 Å². The summed E-state index contributed by atoms with van der Waals surface area (Å²) in [5.41, 5.74) is 9.83. The lowest BCUT2D eigenvalue weighted by atomic mass is 10.2. The molecule has 0 saturated heterocycles. The Labute approximate surface area is 107 Å². The molecule has 0 radical (unpaired) electrons. The molecule has 0 saturated carbocycles. The average Bonchev–Trinajstić information content (AvgIpc) is 2.38. The van der Waals surface area contributed by atoms with Gasteiger partial charge in [0.2, 0.25) is 5.95 Å². The molecule has 94 valence electrons. The fraction of sp³-hybridized carbons (Fsp3) is 0.286. The minimum atomic E-state index is 0.473. The maximum absolute atomic E-state index is 5.61. The summed E-state index contributed by atoms with van der Waals surface area (Å²) in [4.78, 5) is 10.8. The Kier molecular flexibility index (Phi) is 3.58. The summed E-state index contributed by atoms with van der Waals surface area (Å²) in [6, 6.07) is 8.27. The first-order valence-corrected chi connectivity index (χ1v) is 5.95. The highest BCUT2D eigenvalue weighted by molar-refractivity contribution is 5.56. The van der Waals surface area contributed by atoms with Gasteiger partial charge in [-0.1, -0.05) is 17.7 Å². The molecule has 2 rings (SSSR count). The normalized spacial score (nSPS) is 10.4. The Hall–Kier alpha value is -1.94.